The number of benzene rings is 2. The van der Waals surface area contributed by atoms with Crippen LogP contribution in [0.5, 0.6) is 5.75 Å². The van der Waals surface area contributed by atoms with E-state index in [9.17, 15) is 0 Å². The summed E-state index contributed by atoms with van der Waals surface area (Å²) in [5.74, 6) is 1.24. The molecule has 3 rings (SSSR count). The first-order valence-electron chi connectivity index (χ1n) is 9.08. The molecule has 0 aromatic heterocycles. The summed E-state index contributed by atoms with van der Waals surface area (Å²) in [7, 11) is 1.65. The van der Waals surface area contributed by atoms with Gasteiger partial charge in [-0.1, -0.05) is 17.7 Å². The number of nitrogens with zero attached hydrogens (tertiary/aromatic N) is 3. The smallest absolute Gasteiger partial charge is 0.193 e. The molecule has 0 atom stereocenters. The van der Waals surface area contributed by atoms with Crippen molar-refractivity contribution < 1.29 is 4.74 Å². The number of piperazine rings is 1. The van der Waals surface area contributed by atoms with Crippen LogP contribution in [0.1, 0.15) is 0 Å². The minimum absolute atomic E-state index is 0.428. The highest BCUT2D eigenvalue weighted by Crippen LogP contribution is 2.20. The van der Waals surface area contributed by atoms with Gasteiger partial charge in [-0.25, -0.2) is 0 Å². The van der Waals surface area contributed by atoms with Gasteiger partial charge in [0.25, 0.3) is 0 Å². The van der Waals surface area contributed by atoms with Gasteiger partial charge in [-0.3, -0.25) is 9.89 Å². The molecule has 0 aliphatic carbocycles. The molecular formula is C20H26ClN5O. The molecule has 2 aromatic rings. The van der Waals surface area contributed by atoms with Crippen molar-refractivity contribution >= 4 is 28.9 Å². The molecule has 3 N–H and O–H groups in total. The summed E-state index contributed by atoms with van der Waals surface area (Å²) >= 11 is 6.09. The van der Waals surface area contributed by atoms with Crippen molar-refractivity contribution in [3.8, 4) is 5.75 Å². The van der Waals surface area contributed by atoms with Crippen molar-refractivity contribution in [1.29, 1.82) is 0 Å². The lowest BCUT2D eigenvalue weighted by Gasteiger charge is -2.35. The van der Waals surface area contributed by atoms with Crippen molar-refractivity contribution in [1.82, 2.24) is 4.90 Å². The third kappa shape index (κ3) is 5.77. The predicted molar refractivity (Wildman–Crippen MR) is 113 cm³/mol. The van der Waals surface area contributed by atoms with Gasteiger partial charge in [0.05, 0.1) is 13.7 Å². The molecule has 1 saturated heterocycles. The highest BCUT2D eigenvalue weighted by atomic mass is 35.5. The fourth-order valence-electron chi connectivity index (χ4n) is 3.08. The molecule has 2 aromatic carbocycles. The molecule has 0 unspecified atom stereocenters. The lowest BCUT2D eigenvalue weighted by Crippen LogP contribution is -2.47. The third-order valence-corrected chi connectivity index (χ3v) is 4.84. The van der Waals surface area contributed by atoms with Gasteiger partial charge in [-0.05, 0) is 42.5 Å². The van der Waals surface area contributed by atoms with Crippen LogP contribution in [0.2, 0.25) is 5.02 Å². The van der Waals surface area contributed by atoms with Crippen LogP contribution in [-0.4, -0.2) is 57.2 Å². The minimum Gasteiger partial charge on any atom is -0.497 e. The summed E-state index contributed by atoms with van der Waals surface area (Å²) in [5, 5.41) is 3.88. The number of rotatable bonds is 6. The van der Waals surface area contributed by atoms with E-state index in [0.717, 1.165) is 49.2 Å². The maximum atomic E-state index is 6.09. The molecule has 27 heavy (non-hydrogen) atoms. The van der Waals surface area contributed by atoms with Crippen molar-refractivity contribution in [3.63, 3.8) is 0 Å². The molecule has 0 spiro atoms. The number of hydrogen-bond acceptors (Lipinski definition) is 4. The van der Waals surface area contributed by atoms with Crippen LogP contribution >= 0.6 is 11.6 Å². The average Bonchev–Trinajstić information content (AvgIpc) is 2.69. The predicted octanol–water partition coefficient (Wildman–Crippen LogP) is 2.90. The number of guanidine groups is 1. The van der Waals surface area contributed by atoms with Crippen molar-refractivity contribution in [2.75, 3.05) is 56.6 Å². The average molecular weight is 388 g/mol. The second-order valence-corrected chi connectivity index (χ2v) is 6.87. The first-order chi connectivity index (χ1) is 13.1. The molecule has 7 heteroatoms. The summed E-state index contributed by atoms with van der Waals surface area (Å²) in [6, 6.07) is 15.6. The lowest BCUT2D eigenvalue weighted by atomic mass is 10.2. The Morgan fingerprint density at radius 2 is 1.89 bits per heavy atom. The summed E-state index contributed by atoms with van der Waals surface area (Å²) in [5.41, 5.74) is 8.06. The molecule has 6 nitrogen and oxygen atoms in total. The van der Waals surface area contributed by atoms with E-state index in [1.165, 1.54) is 5.69 Å². The number of nitrogens with one attached hydrogen (secondary N) is 1. The van der Waals surface area contributed by atoms with E-state index >= 15 is 0 Å². The Morgan fingerprint density at radius 3 is 2.56 bits per heavy atom. The van der Waals surface area contributed by atoms with Gasteiger partial charge in [0.15, 0.2) is 5.96 Å². The van der Waals surface area contributed by atoms with Crippen molar-refractivity contribution in [3.05, 3.63) is 53.6 Å². The highest BCUT2D eigenvalue weighted by Gasteiger charge is 2.16. The minimum atomic E-state index is 0.428. The molecule has 0 radical (unpaired) electrons. The highest BCUT2D eigenvalue weighted by molar-refractivity contribution is 6.30. The van der Waals surface area contributed by atoms with Gasteiger partial charge in [0, 0.05) is 49.1 Å². The Labute approximate surface area is 165 Å². The van der Waals surface area contributed by atoms with Gasteiger partial charge < -0.3 is 20.7 Å². The molecule has 0 saturated carbocycles. The van der Waals surface area contributed by atoms with E-state index in [2.05, 4.69) is 26.2 Å². The Balaban J connectivity index is 1.40. The molecule has 1 heterocycles. The molecule has 0 amide bonds. The fraction of sp³-hybridized carbons (Fsp3) is 0.350. The zero-order valence-electron chi connectivity index (χ0n) is 15.6. The van der Waals surface area contributed by atoms with Crippen LogP contribution < -0.4 is 20.7 Å². The summed E-state index contributed by atoms with van der Waals surface area (Å²) in [6.07, 6.45) is 0. The number of nitrogens with two attached hydrogens (primary N) is 1. The number of methoxy groups -OCH3 is 1. The van der Waals surface area contributed by atoms with E-state index in [0.29, 0.717) is 12.5 Å². The number of ether oxygens (including phenoxy) is 1. The number of hydrogen-bond donors (Lipinski definition) is 2. The van der Waals surface area contributed by atoms with Crippen molar-refractivity contribution in [2.24, 2.45) is 10.7 Å². The van der Waals surface area contributed by atoms with Crippen LogP contribution in [0.25, 0.3) is 0 Å². The lowest BCUT2D eigenvalue weighted by molar-refractivity contribution is 0.265. The first kappa shape index (κ1) is 19.3. The SMILES string of the molecule is COc1ccc(NC(N)=NCCN2CCN(c3cccc(Cl)c3)CC2)cc1. The first-order valence-corrected chi connectivity index (χ1v) is 9.46. The Kier molecular flexibility index (Phi) is 6.79. The van der Waals surface area contributed by atoms with Gasteiger partial charge in [0.1, 0.15) is 5.75 Å². The molecule has 1 aliphatic heterocycles. The third-order valence-electron chi connectivity index (χ3n) is 4.61. The van der Waals surface area contributed by atoms with Crippen LogP contribution in [0.4, 0.5) is 11.4 Å². The van der Waals surface area contributed by atoms with Crippen molar-refractivity contribution in [2.45, 2.75) is 0 Å². The fourth-order valence-corrected chi connectivity index (χ4v) is 3.26. The topological polar surface area (TPSA) is 66.1 Å². The molecular weight excluding hydrogens is 362 g/mol. The van der Waals surface area contributed by atoms with E-state index in [1.54, 1.807) is 7.11 Å². The van der Waals surface area contributed by atoms with Crippen LogP contribution in [0.15, 0.2) is 53.5 Å². The molecule has 0 bridgehead atoms. The maximum absolute atomic E-state index is 6.09. The van der Waals surface area contributed by atoms with Gasteiger partial charge in [0.2, 0.25) is 0 Å². The number of halogens is 1. The summed E-state index contributed by atoms with van der Waals surface area (Å²) in [6.45, 7) is 5.56. The Hall–Kier alpha value is -2.44. The zero-order chi connectivity index (χ0) is 19.1. The van der Waals surface area contributed by atoms with E-state index in [4.69, 9.17) is 22.1 Å². The second kappa shape index (κ2) is 9.48. The quantitative estimate of drug-likeness (QED) is 0.589. The van der Waals surface area contributed by atoms with E-state index in [-0.39, 0.29) is 0 Å². The molecule has 1 aliphatic rings. The van der Waals surface area contributed by atoms with E-state index < -0.39 is 0 Å². The van der Waals surface area contributed by atoms with Gasteiger partial charge >= 0.3 is 0 Å². The Morgan fingerprint density at radius 1 is 1.15 bits per heavy atom. The molecule has 1 fully saturated rings. The summed E-state index contributed by atoms with van der Waals surface area (Å²) in [4.78, 5) is 9.20. The number of aliphatic imine (C=N–C) groups is 1. The molecule has 144 valence electrons. The summed E-state index contributed by atoms with van der Waals surface area (Å²) < 4.78 is 5.14. The monoisotopic (exact) mass is 387 g/mol. The van der Waals surface area contributed by atoms with Gasteiger partial charge in [-0.15, -0.1) is 0 Å². The standard InChI is InChI=1S/C20H26ClN5O/c1-27-19-7-5-17(6-8-19)24-20(22)23-9-10-25-11-13-26(14-12-25)18-4-2-3-16(21)15-18/h2-8,15H,9-14H2,1H3,(H3,22,23,24). The van der Waals surface area contributed by atoms with Crippen LogP contribution in [-0.2, 0) is 0 Å². The number of anilines is 2. The second-order valence-electron chi connectivity index (χ2n) is 6.43. The normalized spacial score (nSPS) is 15.6. The van der Waals surface area contributed by atoms with E-state index in [1.807, 2.05) is 42.5 Å². The van der Waals surface area contributed by atoms with Gasteiger partial charge in [-0.2, -0.15) is 0 Å². The Bertz CT molecular complexity index is 757. The zero-order valence-corrected chi connectivity index (χ0v) is 16.3. The largest absolute Gasteiger partial charge is 0.497 e. The maximum Gasteiger partial charge on any atom is 0.193 e. The van der Waals surface area contributed by atoms with Crippen LogP contribution in [0.3, 0.4) is 0 Å². The van der Waals surface area contributed by atoms with Crippen LogP contribution in [0, 0.1) is 0 Å².